The Kier molecular flexibility index (Phi) is 3.57. The number of Topliss-reactive ketones (excluding diaryl/α,β-unsaturated/α-hetero) is 1. The molecule has 1 amide bonds. The monoisotopic (exact) mass is 231 g/mol. The van der Waals surface area contributed by atoms with Gasteiger partial charge in [-0.2, -0.15) is 0 Å². The van der Waals surface area contributed by atoms with E-state index in [4.69, 9.17) is 0 Å². The first kappa shape index (κ1) is 11.8. The summed E-state index contributed by atoms with van der Waals surface area (Å²) in [5, 5.41) is 0. The Morgan fingerprint density at radius 2 is 2.12 bits per heavy atom. The van der Waals surface area contributed by atoms with Crippen molar-refractivity contribution in [3.05, 3.63) is 29.8 Å². The zero-order chi connectivity index (χ0) is 12.3. The number of nitrogens with zero attached hydrogens (tertiary/aromatic N) is 1. The molecule has 0 atom stereocenters. The fourth-order valence-corrected chi connectivity index (χ4v) is 2.19. The molecule has 3 heteroatoms. The van der Waals surface area contributed by atoms with Crippen molar-refractivity contribution in [2.75, 3.05) is 11.4 Å². The smallest absolute Gasteiger partial charge is 0.226 e. The fourth-order valence-electron chi connectivity index (χ4n) is 2.19. The minimum Gasteiger partial charge on any atom is -0.312 e. The largest absolute Gasteiger partial charge is 0.312 e. The lowest BCUT2D eigenvalue weighted by Crippen LogP contribution is -2.31. The lowest BCUT2D eigenvalue weighted by molar-refractivity contribution is -0.119. The van der Waals surface area contributed by atoms with Crippen molar-refractivity contribution in [1.29, 1.82) is 0 Å². The number of carbonyl (C=O) groups is 2. The number of ketones is 1. The summed E-state index contributed by atoms with van der Waals surface area (Å²) >= 11 is 0. The van der Waals surface area contributed by atoms with Crippen LogP contribution in [0.1, 0.15) is 31.7 Å². The molecule has 3 nitrogen and oxygen atoms in total. The third-order valence-electron chi connectivity index (χ3n) is 3.05. The van der Waals surface area contributed by atoms with Crippen LogP contribution >= 0.6 is 0 Å². The molecule has 0 N–H and O–H groups in total. The molecule has 0 fully saturated rings. The summed E-state index contributed by atoms with van der Waals surface area (Å²) in [4.78, 5) is 25.4. The molecule has 1 aliphatic rings. The number of rotatable bonds is 2. The maximum atomic E-state index is 12.0. The van der Waals surface area contributed by atoms with Crippen LogP contribution in [0.5, 0.6) is 0 Å². The molecule has 17 heavy (non-hydrogen) atoms. The number of anilines is 1. The molecule has 1 heterocycles. The molecule has 0 unspecified atom stereocenters. The van der Waals surface area contributed by atoms with Gasteiger partial charge in [0, 0.05) is 31.5 Å². The minimum atomic E-state index is 0.120. The fraction of sp³-hybridized carbons (Fsp3) is 0.429. The number of para-hydroxylation sites is 1. The predicted octanol–water partition coefficient (Wildman–Crippen LogP) is 2.34. The second kappa shape index (κ2) is 5.13. The van der Waals surface area contributed by atoms with Crippen LogP contribution in [0.25, 0.3) is 0 Å². The average Bonchev–Trinajstić information content (AvgIpc) is 2.47. The Morgan fingerprint density at radius 3 is 2.88 bits per heavy atom. The molecule has 1 aromatic carbocycles. The number of hydrogen-bond donors (Lipinski definition) is 0. The zero-order valence-electron chi connectivity index (χ0n) is 10.1. The van der Waals surface area contributed by atoms with Gasteiger partial charge in [-0.1, -0.05) is 25.1 Å². The van der Waals surface area contributed by atoms with E-state index in [9.17, 15) is 9.59 Å². The first-order valence-electron chi connectivity index (χ1n) is 6.12. The number of fused-ring (bicyclic) bond motifs is 1. The number of hydrogen-bond acceptors (Lipinski definition) is 2. The first-order chi connectivity index (χ1) is 8.22. The molecule has 0 aromatic heterocycles. The second-order valence-corrected chi connectivity index (χ2v) is 4.39. The Bertz CT molecular complexity index is 440. The van der Waals surface area contributed by atoms with E-state index in [1.165, 1.54) is 0 Å². The van der Waals surface area contributed by atoms with E-state index in [-0.39, 0.29) is 11.7 Å². The van der Waals surface area contributed by atoms with Crippen LogP contribution in [0.2, 0.25) is 0 Å². The first-order valence-corrected chi connectivity index (χ1v) is 6.12. The highest BCUT2D eigenvalue weighted by molar-refractivity contribution is 5.97. The van der Waals surface area contributed by atoms with Gasteiger partial charge in [-0.3, -0.25) is 9.59 Å². The van der Waals surface area contributed by atoms with Gasteiger partial charge >= 0.3 is 0 Å². The summed E-state index contributed by atoms with van der Waals surface area (Å²) in [7, 11) is 0. The summed E-state index contributed by atoms with van der Waals surface area (Å²) in [6.45, 7) is 2.52. The van der Waals surface area contributed by atoms with Crippen molar-refractivity contribution in [2.45, 2.75) is 32.6 Å². The van der Waals surface area contributed by atoms with Gasteiger partial charge in [-0.05, 0) is 18.1 Å². The predicted molar refractivity (Wildman–Crippen MR) is 67.0 cm³/mol. The molecule has 2 rings (SSSR count). The molecular weight excluding hydrogens is 214 g/mol. The van der Waals surface area contributed by atoms with Gasteiger partial charge in [-0.15, -0.1) is 0 Å². The van der Waals surface area contributed by atoms with Gasteiger partial charge in [0.15, 0.2) is 0 Å². The standard InChI is InChI=1S/C14H17NO2/c1-2-5-14(17)15-9-8-12(16)10-11-6-3-4-7-13(11)15/h3-4,6-7H,2,5,8-10H2,1H3. The van der Waals surface area contributed by atoms with E-state index < -0.39 is 0 Å². The Morgan fingerprint density at radius 1 is 1.35 bits per heavy atom. The van der Waals surface area contributed by atoms with Gasteiger partial charge < -0.3 is 4.90 Å². The SMILES string of the molecule is CCCC(=O)N1CCC(=O)Cc2ccccc21. The summed E-state index contributed by atoms with van der Waals surface area (Å²) < 4.78 is 0. The van der Waals surface area contributed by atoms with Crippen LogP contribution in [0, 0.1) is 0 Å². The van der Waals surface area contributed by atoms with Gasteiger partial charge in [0.05, 0.1) is 0 Å². The van der Waals surface area contributed by atoms with Crippen LogP contribution in [-0.2, 0) is 16.0 Å². The average molecular weight is 231 g/mol. The maximum absolute atomic E-state index is 12.0. The minimum absolute atomic E-state index is 0.120. The van der Waals surface area contributed by atoms with E-state index in [0.29, 0.717) is 25.8 Å². The quantitative estimate of drug-likeness (QED) is 0.783. The van der Waals surface area contributed by atoms with E-state index in [2.05, 4.69) is 0 Å². The molecular formula is C14H17NO2. The highest BCUT2D eigenvalue weighted by Crippen LogP contribution is 2.25. The van der Waals surface area contributed by atoms with Gasteiger partial charge in [0.25, 0.3) is 0 Å². The van der Waals surface area contributed by atoms with E-state index >= 15 is 0 Å². The lowest BCUT2D eigenvalue weighted by atomic mass is 10.1. The van der Waals surface area contributed by atoms with Crippen molar-refractivity contribution >= 4 is 17.4 Å². The summed E-state index contributed by atoms with van der Waals surface area (Å²) in [5.74, 6) is 0.332. The van der Waals surface area contributed by atoms with Gasteiger partial charge in [0.1, 0.15) is 5.78 Å². The Labute approximate surface area is 101 Å². The van der Waals surface area contributed by atoms with Crippen molar-refractivity contribution in [2.24, 2.45) is 0 Å². The van der Waals surface area contributed by atoms with Gasteiger partial charge in [0.2, 0.25) is 5.91 Å². The van der Waals surface area contributed by atoms with Gasteiger partial charge in [-0.25, -0.2) is 0 Å². The summed E-state index contributed by atoms with van der Waals surface area (Å²) in [5.41, 5.74) is 1.89. The van der Waals surface area contributed by atoms with Crippen LogP contribution in [0.3, 0.4) is 0 Å². The van der Waals surface area contributed by atoms with Crippen molar-refractivity contribution in [1.82, 2.24) is 0 Å². The summed E-state index contributed by atoms with van der Waals surface area (Å²) in [6, 6.07) is 7.70. The van der Waals surface area contributed by atoms with Crippen molar-refractivity contribution in [3.63, 3.8) is 0 Å². The van der Waals surface area contributed by atoms with Crippen LogP contribution in [0.4, 0.5) is 5.69 Å². The number of benzene rings is 1. The highest BCUT2D eigenvalue weighted by Gasteiger charge is 2.22. The van der Waals surface area contributed by atoms with E-state index in [1.54, 1.807) is 4.90 Å². The third-order valence-corrected chi connectivity index (χ3v) is 3.05. The molecule has 1 aliphatic heterocycles. The topological polar surface area (TPSA) is 37.4 Å². The lowest BCUT2D eigenvalue weighted by Gasteiger charge is -2.22. The highest BCUT2D eigenvalue weighted by atomic mass is 16.2. The van der Waals surface area contributed by atoms with Crippen molar-refractivity contribution in [3.8, 4) is 0 Å². The number of carbonyl (C=O) groups excluding carboxylic acids is 2. The van der Waals surface area contributed by atoms with E-state index in [0.717, 1.165) is 17.7 Å². The zero-order valence-corrected chi connectivity index (χ0v) is 10.1. The van der Waals surface area contributed by atoms with Crippen LogP contribution in [-0.4, -0.2) is 18.2 Å². The molecule has 0 spiro atoms. The Balaban J connectivity index is 2.34. The molecule has 0 radical (unpaired) electrons. The van der Waals surface area contributed by atoms with Crippen LogP contribution < -0.4 is 4.90 Å². The Hall–Kier alpha value is -1.64. The molecule has 0 bridgehead atoms. The maximum Gasteiger partial charge on any atom is 0.226 e. The molecule has 0 saturated heterocycles. The third kappa shape index (κ3) is 2.54. The normalized spacial score (nSPS) is 15.4. The van der Waals surface area contributed by atoms with Crippen molar-refractivity contribution < 1.29 is 9.59 Å². The molecule has 1 aromatic rings. The van der Waals surface area contributed by atoms with E-state index in [1.807, 2.05) is 31.2 Å². The number of amides is 1. The molecule has 0 aliphatic carbocycles. The van der Waals surface area contributed by atoms with Crippen LogP contribution in [0.15, 0.2) is 24.3 Å². The second-order valence-electron chi connectivity index (χ2n) is 4.39. The molecule has 0 saturated carbocycles. The molecule has 90 valence electrons. The summed E-state index contributed by atoms with van der Waals surface area (Å²) in [6.07, 6.45) is 2.30.